The summed E-state index contributed by atoms with van der Waals surface area (Å²) in [5.74, 6) is 0.113. The second-order valence-electron chi connectivity index (χ2n) is 9.16. The first-order valence-corrected chi connectivity index (χ1v) is 12.2. The summed E-state index contributed by atoms with van der Waals surface area (Å²) in [4.78, 5) is 27.1. The van der Waals surface area contributed by atoms with E-state index in [1.54, 1.807) is 32.0 Å². The number of anilines is 1. The summed E-state index contributed by atoms with van der Waals surface area (Å²) in [6, 6.07) is 4.87. The van der Waals surface area contributed by atoms with Crippen molar-refractivity contribution in [2.24, 2.45) is 5.92 Å². The number of sulfonamides is 1. The van der Waals surface area contributed by atoms with Crippen molar-refractivity contribution in [3.05, 3.63) is 23.8 Å². The number of piperidine rings is 1. The van der Waals surface area contributed by atoms with Gasteiger partial charge in [-0.1, -0.05) is 13.8 Å². The van der Waals surface area contributed by atoms with Crippen molar-refractivity contribution in [2.75, 3.05) is 24.5 Å². The number of benzene rings is 1. The molecule has 2 aliphatic rings. The predicted octanol–water partition coefficient (Wildman–Crippen LogP) is 2.65. The lowest BCUT2D eigenvalue weighted by atomic mass is 9.86. The normalized spacial score (nSPS) is 20.8. The molecule has 2 amide bonds. The molecular formula is C22H33N3O4S. The summed E-state index contributed by atoms with van der Waals surface area (Å²) in [7, 11) is -3.61. The van der Waals surface area contributed by atoms with E-state index in [1.807, 2.05) is 13.8 Å². The molecule has 0 saturated carbocycles. The fraction of sp³-hybridized carbons (Fsp3) is 0.636. The molecule has 0 aliphatic carbocycles. The molecule has 1 atom stereocenters. The molecule has 1 fully saturated rings. The number of hydrogen-bond acceptors (Lipinski definition) is 4. The van der Waals surface area contributed by atoms with Gasteiger partial charge >= 0.3 is 0 Å². The molecule has 1 aromatic rings. The van der Waals surface area contributed by atoms with E-state index in [-0.39, 0.29) is 29.3 Å². The van der Waals surface area contributed by atoms with Crippen LogP contribution in [0.1, 0.15) is 59.4 Å². The van der Waals surface area contributed by atoms with Crippen LogP contribution in [0.15, 0.2) is 23.1 Å². The van der Waals surface area contributed by atoms with Gasteiger partial charge in [-0.3, -0.25) is 9.59 Å². The van der Waals surface area contributed by atoms with E-state index in [9.17, 15) is 18.0 Å². The third-order valence-electron chi connectivity index (χ3n) is 6.41. The number of carbonyl (C=O) groups excluding carboxylic acids is 2. The highest BCUT2D eigenvalue weighted by Crippen LogP contribution is 2.42. The molecule has 2 aliphatic heterocycles. The van der Waals surface area contributed by atoms with Gasteiger partial charge in [0.05, 0.1) is 10.3 Å². The van der Waals surface area contributed by atoms with Gasteiger partial charge in [0.15, 0.2) is 0 Å². The van der Waals surface area contributed by atoms with E-state index >= 15 is 0 Å². The van der Waals surface area contributed by atoms with Crippen LogP contribution in [0.25, 0.3) is 0 Å². The van der Waals surface area contributed by atoms with Crippen LogP contribution >= 0.6 is 0 Å². The van der Waals surface area contributed by atoms with Gasteiger partial charge in [-0.05, 0) is 69.7 Å². The van der Waals surface area contributed by atoms with E-state index in [0.29, 0.717) is 30.3 Å². The Morgan fingerprint density at radius 3 is 2.50 bits per heavy atom. The highest BCUT2D eigenvalue weighted by Gasteiger charge is 2.45. The van der Waals surface area contributed by atoms with Crippen molar-refractivity contribution < 1.29 is 18.0 Å². The minimum Gasteiger partial charge on any atom is -0.352 e. The molecule has 0 radical (unpaired) electrons. The first-order valence-electron chi connectivity index (χ1n) is 10.7. The maximum absolute atomic E-state index is 13.2. The lowest BCUT2D eigenvalue weighted by Gasteiger charge is -2.29. The maximum atomic E-state index is 13.2. The van der Waals surface area contributed by atoms with E-state index in [2.05, 4.69) is 12.2 Å². The Hall–Kier alpha value is -1.93. The summed E-state index contributed by atoms with van der Waals surface area (Å²) in [5, 5.41) is 2.88. The molecular weight excluding hydrogens is 402 g/mol. The third kappa shape index (κ3) is 4.12. The van der Waals surface area contributed by atoms with Crippen molar-refractivity contribution in [3.63, 3.8) is 0 Å². The van der Waals surface area contributed by atoms with Gasteiger partial charge in [0.1, 0.15) is 6.54 Å². The molecule has 1 aromatic carbocycles. The van der Waals surface area contributed by atoms with Crippen LogP contribution in [0.4, 0.5) is 5.69 Å². The monoisotopic (exact) mass is 435 g/mol. The molecule has 30 heavy (non-hydrogen) atoms. The van der Waals surface area contributed by atoms with Gasteiger partial charge in [-0.2, -0.15) is 4.31 Å². The molecule has 1 saturated heterocycles. The Bertz CT molecular complexity index is 934. The van der Waals surface area contributed by atoms with E-state index in [0.717, 1.165) is 19.3 Å². The van der Waals surface area contributed by atoms with Crippen LogP contribution in [-0.2, 0) is 25.0 Å². The molecule has 7 nitrogen and oxygen atoms in total. The maximum Gasteiger partial charge on any atom is 0.243 e. The third-order valence-corrected chi connectivity index (χ3v) is 8.31. The highest BCUT2D eigenvalue weighted by atomic mass is 32.2. The molecule has 3 rings (SSSR count). The van der Waals surface area contributed by atoms with Crippen molar-refractivity contribution in [3.8, 4) is 0 Å². The van der Waals surface area contributed by atoms with Crippen molar-refractivity contribution in [2.45, 2.75) is 70.2 Å². The Kier molecular flexibility index (Phi) is 6.30. The van der Waals surface area contributed by atoms with Crippen LogP contribution in [0.3, 0.4) is 0 Å². The first kappa shape index (κ1) is 22.7. The van der Waals surface area contributed by atoms with Crippen LogP contribution in [-0.4, -0.2) is 50.2 Å². The first-order chi connectivity index (χ1) is 14.0. The van der Waals surface area contributed by atoms with Crippen LogP contribution in [0.2, 0.25) is 0 Å². The molecule has 1 N–H and O–H groups in total. The highest BCUT2D eigenvalue weighted by molar-refractivity contribution is 7.89. The van der Waals surface area contributed by atoms with Crippen molar-refractivity contribution in [1.82, 2.24) is 9.62 Å². The minimum absolute atomic E-state index is 0.0301. The van der Waals surface area contributed by atoms with Crippen molar-refractivity contribution in [1.29, 1.82) is 0 Å². The predicted molar refractivity (Wildman–Crippen MR) is 117 cm³/mol. The largest absolute Gasteiger partial charge is 0.352 e. The lowest BCUT2D eigenvalue weighted by Crippen LogP contribution is -2.44. The summed E-state index contributed by atoms with van der Waals surface area (Å²) >= 11 is 0. The van der Waals surface area contributed by atoms with Gasteiger partial charge in [-0.15, -0.1) is 0 Å². The summed E-state index contributed by atoms with van der Waals surface area (Å²) in [5.41, 5.74) is 0.360. The molecule has 0 spiro atoms. The number of rotatable bonds is 6. The van der Waals surface area contributed by atoms with Gasteiger partial charge < -0.3 is 10.2 Å². The van der Waals surface area contributed by atoms with Crippen molar-refractivity contribution >= 4 is 27.5 Å². The SMILES string of the molecule is CC[C@H](C)NC(=O)CN1C(=O)C(C)(C)c2cc(S(=O)(=O)N3CCC(C)CC3)ccc21. The van der Waals surface area contributed by atoms with Crippen LogP contribution in [0, 0.1) is 5.92 Å². The second kappa shape index (κ2) is 8.30. The number of nitrogens with one attached hydrogen (secondary N) is 1. The zero-order chi connectivity index (χ0) is 22.3. The van der Waals surface area contributed by atoms with Gasteiger partial charge in [0.2, 0.25) is 21.8 Å². The van der Waals surface area contributed by atoms with Gasteiger partial charge in [-0.25, -0.2) is 8.42 Å². The molecule has 2 heterocycles. The fourth-order valence-corrected chi connectivity index (χ4v) is 5.57. The molecule has 0 aromatic heterocycles. The van der Waals surface area contributed by atoms with E-state index in [4.69, 9.17) is 0 Å². The zero-order valence-corrected chi connectivity index (χ0v) is 19.4. The zero-order valence-electron chi connectivity index (χ0n) is 18.6. The molecule has 0 bridgehead atoms. The summed E-state index contributed by atoms with van der Waals surface area (Å²) < 4.78 is 27.9. The number of carbonyl (C=O) groups is 2. The summed E-state index contributed by atoms with van der Waals surface area (Å²) in [6.07, 6.45) is 2.51. The van der Waals surface area contributed by atoms with Crippen LogP contribution in [0.5, 0.6) is 0 Å². The number of hydrogen-bond donors (Lipinski definition) is 1. The Labute approximate surface area is 179 Å². The molecule has 0 unspecified atom stereocenters. The molecule has 8 heteroatoms. The Morgan fingerprint density at radius 1 is 1.27 bits per heavy atom. The van der Waals surface area contributed by atoms with Gasteiger partial charge in [0.25, 0.3) is 0 Å². The minimum atomic E-state index is -3.61. The second-order valence-corrected chi connectivity index (χ2v) is 11.1. The summed E-state index contributed by atoms with van der Waals surface area (Å²) in [6.45, 7) is 10.6. The van der Waals surface area contributed by atoms with Crippen LogP contribution < -0.4 is 10.2 Å². The number of nitrogens with zero attached hydrogens (tertiary/aromatic N) is 2. The lowest BCUT2D eigenvalue weighted by molar-refractivity contribution is -0.125. The Morgan fingerprint density at radius 2 is 1.90 bits per heavy atom. The quantitative estimate of drug-likeness (QED) is 0.744. The average molecular weight is 436 g/mol. The molecule has 166 valence electrons. The van der Waals surface area contributed by atoms with E-state index in [1.165, 1.54) is 9.21 Å². The Balaban J connectivity index is 1.90. The number of fused-ring (bicyclic) bond motifs is 1. The number of amides is 2. The van der Waals surface area contributed by atoms with Gasteiger partial charge in [0, 0.05) is 24.8 Å². The standard InChI is InChI=1S/C22H33N3O4S/c1-6-16(3)23-20(26)14-25-19-8-7-17(13-18(19)22(4,5)21(25)27)30(28,29)24-11-9-15(2)10-12-24/h7-8,13,15-16H,6,9-12,14H2,1-5H3,(H,23,26)/t16-/m0/s1. The topological polar surface area (TPSA) is 86.8 Å². The smallest absolute Gasteiger partial charge is 0.243 e. The van der Waals surface area contributed by atoms with E-state index < -0.39 is 15.4 Å². The average Bonchev–Trinajstić information content (AvgIpc) is 2.88. The fourth-order valence-electron chi connectivity index (χ4n) is 4.07.